The maximum atomic E-state index is 12.4. The number of benzene rings is 2. The molecule has 6 heteroatoms. The lowest BCUT2D eigenvalue weighted by Gasteiger charge is -2.16. The van der Waals surface area contributed by atoms with Crippen LogP contribution in [0.4, 0.5) is 13.2 Å². The number of alkyl halides is 3. The summed E-state index contributed by atoms with van der Waals surface area (Å²) in [6.07, 6.45) is -4.38. The van der Waals surface area contributed by atoms with E-state index >= 15 is 0 Å². The standard InChI is InChI=1S/C16H15F3O3/c17-16(18,19)13-3-7-15(8-4-13)22-10-12(9-20)11-1-5-14(21)6-2-11/h1-8,12,20-21H,9-10H2. The summed E-state index contributed by atoms with van der Waals surface area (Å²) in [6.45, 7) is -0.0575. The average molecular weight is 312 g/mol. The highest BCUT2D eigenvalue weighted by Gasteiger charge is 2.30. The van der Waals surface area contributed by atoms with Crippen molar-refractivity contribution in [2.75, 3.05) is 13.2 Å². The number of phenolic OH excluding ortho intramolecular Hbond substituents is 1. The first-order chi connectivity index (χ1) is 10.4. The number of ether oxygens (including phenoxy) is 1. The minimum absolute atomic E-state index is 0.115. The first-order valence-corrected chi connectivity index (χ1v) is 6.60. The molecule has 0 aliphatic rings. The molecule has 0 aliphatic heterocycles. The van der Waals surface area contributed by atoms with Crippen LogP contribution in [0.15, 0.2) is 48.5 Å². The zero-order valence-corrected chi connectivity index (χ0v) is 11.5. The van der Waals surface area contributed by atoms with Crippen LogP contribution in [0.5, 0.6) is 11.5 Å². The van der Waals surface area contributed by atoms with E-state index in [0.29, 0.717) is 5.75 Å². The molecule has 1 atom stereocenters. The molecule has 22 heavy (non-hydrogen) atoms. The third-order valence-electron chi connectivity index (χ3n) is 3.22. The van der Waals surface area contributed by atoms with Gasteiger partial charge in [-0.05, 0) is 42.0 Å². The molecule has 0 saturated carbocycles. The summed E-state index contributed by atoms with van der Waals surface area (Å²) < 4.78 is 42.8. The first-order valence-electron chi connectivity index (χ1n) is 6.60. The Balaban J connectivity index is 2.00. The predicted octanol–water partition coefficient (Wildman–Crippen LogP) is 3.57. The highest BCUT2D eigenvalue weighted by Crippen LogP contribution is 2.30. The van der Waals surface area contributed by atoms with Crippen molar-refractivity contribution < 1.29 is 28.1 Å². The van der Waals surface area contributed by atoms with E-state index in [1.165, 1.54) is 24.3 Å². The minimum Gasteiger partial charge on any atom is -0.508 e. The fraction of sp³-hybridized carbons (Fsp3) is 0.250. The molecule has 0 amide bonds. The van der Waals surface area contributed by atoms with E-state index in [1.807, 2.05) is 0 Å². The predicted molar refractivity (Wildman–Crippen MR) is 74.9 cm³/mol. The molecule has 118 valence electrons. The van der Waals surface area contributed by atoms with E-state index in [1.54, 1.807) is 12.1 Å². The van der Waals surface area contributed by atoms with Gasteiger partial charge in [0.1, 0.15) is 11.5 Å². The van der Waals surface area contributed by atoms with Gasteiger partial charge in [-0.2, -0.15) is 13.2 Å². The smallest absolute Gasteiger partial charge is 0.416 e. The van der Waals surface area contributed by atoms with Gasteiger partial charge in [0.15, 0.2) is 0 Å². The molecule has 0 aliphatic carbocycles. The average Bonchev–Trinajstić information content (AvgIpc) is 2.49. The van der Waals surface area contributed by atoms with Crippen molar-refractivity contribution in [1.29, 1.82) is 0 Å². The van der Waals surface area contributed by atoms with Gasteiger partial charge in [0, 0.05) is 5.92 Å². The van der Waals surface area contributed by atoms with Crippen molar-refractivity contribution in [2.24, 2.45) is 0 Å². The largest absolute Gasteiger partial charge is 0.508 e. The molecule has 0 saturated heterocycles. The van der Waals surface area contributed by atoms with Gasteiger partial charge in [-0.3, -0.25) is 0 Å². The van der Waals surface area contributed by atoms with E-state index in [-0.39, 0.29) is 24.9 Å². The summed E-state index contributed by atoms with van der Waals surface area (Å²) in [5.74, 6) is 0.0808. The Kier molecular flexibility index (Phi) is 4.92. The molecular formula is C16H15F3O3. The number of aliphatic hydroxyl groups excluding tert-OH is 1. The van der Waals surface area contributed by atoms with Gasteiger partial charge in [-0.15, -0.1) is 0 Å². The van der Waals surface area contributed by atoms with Crippen molar-refractivity contribution >= 4 is 0 Å². The zero-order valence-electron chi connectivity index (χ0n) is 11.5. The van der Waals surface area contributed by atoms with Crippen LogP contribution in [0.1, 0.15) is 17.0 Å². The van der Waals surface area contributed by atoms with E-state index in [9.17, 15) is 23.4 Å². The molecule has 2 aromatic rings. The van der Waals surface area contributed by atoms with Gasteiger partial charge < -0.3 is 14.9 Å². The van der Waals surface area contributed by atoms with Crippen molar-refractivity contribution in [2.45, 2.75) is 12.1 Å². The normalized spacial score (nSPS) is 12.9. The molecule has 2 rings (SSSR count). The minimum atomic E-state index is -4.38. The van der Waals surface area contributed by atoms with Crippen LogP contribution in [0, 0.1) is 0 Å². The number of phenols is 1. The fourth-order valence-corrected chi connectivity index (χ4v) is 1.94. The fourth-order valence-electron chi connectivity index (χ4n) is 1.94. The van der Waals surface area contributed by atoms with Crippen LogP contribution in [0.25, 0.3) is 0 Å². The first kappa shape index (κ1) is 16.2. The number of rotatable bonds is 5. The van der Waals surface area contributed by atoms with Gasteiger partial charge in [0.25, 0.3) is 0 Å². The number of halogens is 3. The van der Waals surface area contributed by atoms with Crippen LogP contribution in [0.2, 0.25) is 0 Å². The maximum absolute atomic E-state index is 12.4. The lowest BCUT2D eigenvalue weighted by atomic mass is 10.0. The van der Waals surface area contributed by atoms with E-state index < -0.39 is 11.7 Å². The monoisotopic (exact) mass is 312 g/mol. The highest BCUT2D eigenvalue weighted by molar-refractivity contribution is 5.30. The van der Waals surface area contributed by atoms with Gasteiger partial charge >= 0.3 is 6.18 Å². The molecule has 3 nitrogen and oxygen atoms in total. The second kappa shape index (κ2) is 6.70. The molecule has 2 aromatic carbocycles. The van der Waals surface area contributed by atoms with Crippen molar-refractivity contribution in [3.8, 4) is 11.5 Å². The van der Waals surface area contributed by atoms with E-state index in [2.05, 4.69) is 0 Å². The van der Waals surface area contributed by atoms with Crippen molar-refractivity contribution in [1.82, 2.24) is 0 Å². The van der Waals surface area contributed by atoms with Crippen LogP contribution >= 0.6 is 0 Å². The second-order valence-electron chi connectivity index (χ2n) is 4.80. The molecule has 0 bridgehead atoms. The molecule has 0 fully saturated rings. The molecule has 2 N–H and O–H groups in total. The Morgan fingerprint density at radius 2 is 1.55 bits per heavy atom. The Labute approximate surface area is 125 Å². The molecule has 0 heterocycles. The summed E-state index contributed by atoms with van der Waals surface area (Å²) in [7, 11) is 0. The third-order valence-corrected chi connectivity index (χ3v) is 3.22. The van der Waals surface area contributed by atoms with Crippen molar-refractivity contribution in [3.63, 3.8) is 0 Å². The number of aliphatic hydroxyl groups is 1. The molecule has 0 aromatic heterocycles. The Bertz CT molecular complexity index is 592. The maximum Gasteiger partial charge on any atom is 0.416 e. The van der Waals surface area contributed by atoms with E-state index in [0.717, 1.165) is 17.7 Å². The summed E-state index contributed by atoms with van der Waals surface area (Å²) in [5.41, 5.74) is 0.0318. The lowest BCUT2D eigenvalue weighted by molar-refractivity contribution is -0.137. The SMILES string of the molecule is OCC(COc1ccc(C(F)(F)F)cc1)c1ccc(O)cc1. The lowest BCUT2D eigenvalue weighted by Crippen LogP contribution is -2.14. The number of hydrogen-bond acceptors (Lipinski definition) is 3. The van der Waals surface area contributed by atoms with Crippen LogP contribution in [0.3, 0.4) is 0 Å². The van der Waals surface area contributed by atoms with Gasteiger partial charge in [-0.1, -0.05) is 12.1 Å². The van der Waals surface area contributed by atoms with Gasteiger partial charge in [0.05, 0.1) is 18.8 Å². The second-order valence-corrected chi connectivity index (χ2v) is 4.80. The summed E-state index contributed by atoms with van der Waals surface area (Å²) >= 11 is 0. The topological polar surface area (TPSA) is 49.7 Å². The summed E-state index contributed by atoms with van der Waals surface area (Å²) in [5, 5.41) is 18.6. The summed E-state index contributed by atoms with van der Waals surface area (Å²) in [4.78, 5) is 0. The van der Waals surface area contributed by atoms with Crippen LogP contribution in [-0.4, -0.2) is 23.4 Å². The van der Waals surface area contributed by atoms with Gasteiger partial charge in [-0.25, -0.2) is 0 Å². The molecular weight excluding hydrogens is 297 g/mol. The highest BCUT2D eigenvalue weighted by atomic mass is 19.4. The molecule has 0 spiro atoms. The number of aromatic hydroxyl groups is 1. The Morgan fingerprint density at radius 3 is 2.05 bits per heavy atom. The van der Waals surface area contributed by atoms with Gasteiger partial charge in [0.2, 0.25) is 0 Å². The zero-order chi connectivity index (χ0) is 16.2. The van der Waals surface area contributed by atoms with Crippen LogP contribution < -0.4 is 4.74 Å². The molecule has 0 radical (unpaired) electrons. The van der Waals surface area contributed by atoms with Crippen LogP contribution in [-0.2, 0) is 6.18 Å². The third kappa shape index (κ3) is 4.14. The number of hydrogen-bond donors (Lipinski definition) is 2. The van der Waals surface area contributed by atoms with Crippen molar-refractivity contribution in [3.05, 3.63) is 59.7 Å². The summed E-state index contributed by atoms with van der Waals surface area (Å²) in [6, 6.07) is 10.7. The molecule has 1 unspecified atom stereocenters. The Hall–Kier alpha value is -2.21. The Morgan fingerprint density at radius 1 is 0.955 bits per heavy atom. The van der Waals surface area contributed by atoms with E-state index in [4.69, 9.17) is 4.74 Å². The quantitative estimate of drug-likeness (QED) is 0.887.